The summed E-state index contributed by atoms with van der Waals surface area (Å²) in [6.45, 7) is 0. The van der Waals surface area contributed by atoms with E-state index in [1.807, 2.05) is 0 Å². The number of hydrogen-bond acceptors (Lipinski definition) is 6. The highest BCUT2D eigenvalue weighted by Crippen LogP contribution is 1.43. The third-order valence-electron chi connectivity index (χ3n) is 0. The molecule has 0 aliphatic rings. The van der Waals surface area contributed by atoms with Crippen LogP contribution in [-0.2, 0) is 0 Å². The van der Waals surface area contributed by atoms with Crippen LogP contribution in [0.5, 0.6) is 0 Å². The van der Waals surface area contributed by atoms with E-state index in [1.54, 1.807) is 0 Å². The summed E-state index contributed by atoms with van der Waals surface area (Å²) >= 11 is 0. The third-order valence-corrected chi connectivity index (χ3v) is 0. The van der Waals surface area contributed by atoms with Gasteiger partial charge >= 0.3 is 12.3 Å². The largest absolute Gasteiger partial charge is 0.503 e. The normalized spacial score (nSPS) is 4.50. The molecule has 10 heteroatoms. The molecule has 0 fully saturated rings. The number of carboxylic acid groups (broad SMARTS) is 4. The van der Waals surface area contributed by atoms with E-state index >= 15 is 0 Å². The molecule has 14 N–H and O–H groups in total. The van der Waals surface area contributed by atoms with Crippen LogP contribution in [0.15, 0.2) is 0 Å². The molecule has 0 bridgehead atoms. The Balaban J connectivity index is -0.0000000198. The van der Waals surface area contributed by atoms with Gasteiger partial charge in [-0.25, -0.2) is 9.59 Å². The van der Waals surface area contributed by atoms with Crippen LogP contribution in [-0.4, -0.2) is 32.7 Å². The molecule has 0 amide bonds. The summed E-state index contributed by atoms with van der Waals surface area (Å²) in [7, 11) is 0. The molecule has 0 saturated carbocycles. The summed E-state index contributed by atoms with van der Waals surface area (Å²) in [4.78, 5) is 17.1. The van der Waals surface area contributed by atoms with Gasteiger partial charge in [0.1, 0.15) is 0 Å². The average Bonchev–Trinajstić information content (AvgIpc) is 1.66. The van der Waals surface area contributed by atoms with E-state index in [4.69, 9.17) is 30.0 Å². The van der Waals surface area contributed by atoms with Crippen molar-refractivity contribution in [3.8, 4) is 0 Å². The van der Waals surface area contributed by atoms with E-state index in [0.29, 0.717) is 0 Å². The zero-order valence-electron chi connectivity index (χ0n) is 6.17. The smallest absolute Gasteiger partial charge is 0.450 e. The molecule has 0 spiro atoms. The van der Waals surface area contributed by atoms with Gasteiger partial charge in [0.2, 0.25) is 0 Å². The predicted molar refractivity (Wildman–Crippen MR) is 39.7 cm³/mol. The first-order valence-corrected chi connectivity index (χ1v) is 1.64. The predicted octanol–water partition coefficient (Wildman–Crippen LogP) is -0.412. The Morgan fingerprint density at radius 3 is 0.750 bits per heavy atom. The summed E-state index contributed by atoms with van der Waals surface area (Å²) in [6.07, 6.45) is -3.67. The highest BCUT2D eigenvalue weighted by atomic mass is 16.6. The van der Waals surface area contributed by atoms with Crippen molar-refractivity contribution in [2.45, 2.75) is 0 Å². The van der Waals surface area contributed by atoms with Gasteiger partial charge in [-0.15, -0.1) is 0 Å². The molecule has 0 saturated heterocycles. The van der Waals surface area contributed by atoms with Gasteiger partial charge in [-0.05, 0) is 0 Å². The molecule has 0 aliphatic carbocycles. The molecule has 0 aromatic rings. The standard InChI is InChI=1S/2CH2O3.H4N2.2H3N/c2*2-1(3)4;1-2;;/h2*(H2,2,3,4);1-2H2;2*1H3. The average molecular weight is 190 g/mol. The summed E-state index contributed by atoms with van der Waals surface area (Å²) in [5.41, 5.74) is 0. The molecule has 0 aromatic heterocycles. The van der Waals surface area contributed by atoms with Crippen LogP contribution >= 0.6 is 0 Å². The van der Waals surface area contributed by atoms with E-state index in [1.165, 1.54) is 0 Å². The maximum absolute atomic E-state index is 8.56. The van der Waals surface area contributed by atoms with Crippen LogP contribution in [0, 0.1) is 0 Å². The fourth-order valence-corrected chi connectivity index (χ4v) is 0. The van der Waals surface area contributed by atoms with E-state index in [-0.39, 0.29) is 12.3 Å². The fraction of sp³-hybridized carbons (Fsp3) is 0. The minimum atomic E-state index is -1.83. The quantitative estimate of drug-likeness (QED) is 0.181. The lowest BCUT2D eigenvalue weighted by Gasteiger charge is -1.60. The van der Waals surface area contributed by atoms with Gasteiger partial charge in [0.25, 0.3) is 0 Å². The number of nitrogens with two attached hydrogens (primary N) is 2. The molecule has 0 aromatic carbocycles. The van der Waals surface area contributed by atoms with Crippen molar-refractivity contribution in [2.75, 3.05) is 0 Å². The van der Waals surface area contributed by atoms with Crippen LogP contribution in [0.4, 0.5) is 9.59 Å². The lowest BCUT2D eigenvalue weighted by Crippen LogP contribution is -2.02. The van der Waals surface area contributed by atoms with Crippen molar-refractivity contribution in [3.63, 3.8) is 0 Å². The zero-order valence-corrected chi connectivity index (χ0v) is 6.17. The van der Waals surface area contributed by atoms with Gasteiger partial charge in [-0.2, -0.15) is 0 Å². The fourth-order valence-electron chi connectivity index (χ4n) is 0. The van der Waals surface area contributed by atoms with E-state index in [2.05, 4.69) is 11.7 Å². The van der Waals surface area contributed by atoms with Crippen molar-refractivity contribution in [1.29, 1.82) is 0 Å². The molecule has 0 unspecified atom stereocenters. The molecule has 0 radical (unpaired) electrons. The second kappa shape index (κ2) is 34.3. The minimum absolute atomic E-state index is 0. The number of rotatable bonds is 0. The second-order valence-corrected chi connectivity index (χ2v) is 0.565. The summed E-state index contributed by atoms with van der Waals surface area (Å²) < 4.78 is 0. The van der Waals surface area contributed by atoms with E-state index in [9.17, 15) is 0 Å². The summed E-state index contributed by atoms with van der Waals surface area (Å²) in [5, 5.41) is 27.9. The molecular weight excluding hydrogens is 176 g/mol. The van der Waals surface area contributed by atoms with E-state index < -0.39 is 12.3 Å². The lowest BCUT2D eigenvalue weighted by molar-refractivity contribution is 0.135. The highest BCUT2D eigenvalue weighted by molar-refractivity contribution is 5.53. The Bertz CT molecular complexity index is 75.5. The molecule has 0 atom stereocenters. The molecule has 0 heterocycles. The van der Waals surface area contributed by atoms with Crippen LogP contribution < -0.4 is 24.0 Å². The van der Waals surface area contributed by atoms with Crippen LogP contribution in [0.2, 0.25) is 0 Å². The first kappa shape index (κ1) is 31.6. The van der Waals surface area contributed by atoms with Crippen LogP contribution in [0.1, 0.15) is 0 Å². The Morgan fingerprint density at radius 2 is 0.750 bits per heavy atom. The molecule has 12 heavy (non-hydrogen) atoms. The van der Waals surface area contributed by atoms with Crippen molar-refractivity contribution in [3.05, 3.63) is 0 Å². The van der Waals surface area contributed by atoms with Gasteiger partial charge in [-0.1, -0.05) is 0 Å². The topological polar surface area (TPSA) is 237 Å². The molecule has 10 nitrogen and oxygen atoms in total. The van der Waals surface area contributed by atoms with Gasteiger partial charge in [-0.3, -0.25) is 11.7 Å². The number of carbonyl (C=O) groups is 2. The van der Waals surface area contributed by atoms with Gasteiger partial charge in [0.05, 0.1) is 0 Å². The van der Waals surface area contributed by atoms with Gasteiger partial charge < -0.3 is 32.7 Å². The maximum Gasteiger partial charge on any atom is 0.503 e. The molecule has 0 aliphatic heterocycles. The van der Waals surface area contributed by atoms with Gasteiger partial charge in [0.15, 0.2) is 0 Å². The number of hydrazine groups is 1. The van der Waals surface area contributed by atoms with Crippen LogP contribution in [0.25, 0.3) is 0 Å². The first-order valence-electron chi connectivity index (χ1n) is 1.64. The number of hydrogen-bond donors (Lipinski definition) is 8. The maximum atomic E-state index is 8.56. The molecular formula is C2H14N4O6. The second-order valence-electron chi connectivity index (χ2n) is 0.565. The summed E-state index contributed by atoms with van der Waals surface area (Å²) in [6, 6.07) is 0. The highest BCUT2D eigenvalue weighted by Gasteiger charge is 1.70. The first-order chi connectivity index (χ1) is 4.46. The Morgan fingerprint density at radius 1 is 0.750 bits per heavy atom. The Hall–Kier alpha value is -1.62. The molecule has 0 rings (SSSR count). The zero-order chi connectivity index (χ0) is 9.15. The van der Waals surface area contributed by atoms with Gasteiger partial charge in [0, 0.05) is 0 Å². The van der Waals surface area contributed by atoms with Crippen LogP contribution in [0.3, 0.4) is 0 Å². The van der Waals surface area contributed by atoms with Crippen molar-refractivity contribution in [1.82, 2.24) is 12.3 Å². The SMILES string of the molecule is N.N.NN.O=C(O)O.O=C(O)O. The third kappa shape index (κ3) is 174. The summed E-state index contributed by atoms with van der Waals surface area (Å²) in [5.74, 6) is 8.00. The molecule has 78 valence electrons. The minimum Gasteiger partial charge on any atom is -0.450 e. The van der Waals surface area contributed by atoms with E-state index in [0.717, 1.165) is 0 Å². The van der Waals surface area contributed by atoms with Crippen molar-refractivity contribution in [2.24, 2.45) is 11.7 Å². The lowest BCUT2D eigenvalue weighted by atomic mass is 11.5. The van der Waals surface area contributed by atoms with Crippen molar-refractivity contribution < 1.29 is 30.0 Å². The monoisotopic (exact) mass is 190 g/mol. The van der Waals surface area contributed by atoms with Crippen molar-refractivity contribution >= 4 is 12.3 Å². The Labute approximate surface area is 67.5 Å². The Kier molecular flexibility index (Phi) is 90.3.